The first-order valence-electron chi connectivity index (χ1n) is 10.9. The van der Waals surface area contributed by atoms with Crippen molar-refractivity contribution < 1.29 is 4.79 Å². The predicted molar refractivity (Wildman–Crippen MR) is 128 cm³/mol. The van der Waals surface area contributed by atoms with Crippen LogP contribution in [0, 0.1) is 5.41 Å². The van der Waals surface area contributed by atoms with Gasteiger partial charge in [0, 0.05) is 18.6 Å². The van der Waals surface area contributed by atoms with E-state index in [4.69, 9.17) is 5.41 Å². The largest absolute Gasteiger partial charge is 0.345 e. The van der Waals surface area contributed by atoms with Crippen molar-refractivity contribution >= 4 is 22.6 Å². The summed E-state index contributed by atoms with van der Waals surface area (Å²) in [4.78, 5) is 35.4. The zero-order chi connectivity index (χ0) is 23.7. The van der Waals surface area contributed by atoms with Crippen molar-refractivity contribution in [2.45, 2.75) is 19.5 Å². The lowest BCUT2D eigenvalue weighted by atomic mass is 10.1. The standard InChI is InChI=1S/C26H22N6O2/c1-17(19-9-3-2-4-10-19)29-25(33)20-14-21-24(30-22-11-5-6-13-31(22)26(21)34)32(23(20)27)16-18-8-7-12-28-15-18/h2-15,17,27H,16H2,1H3,(H,29,33)/t17-/m1/s1. The maximum atomic E-state index is 13.3. The average Bonchev–Trinajstić information content (AvgIpc) is 2.87. The zero-order valence-corrected chi connectivity index (χ0v) is 18.5. The van der Waals surface area contributed by atoms with Crippen LogP contribution in [-0.2, 0) is 6.54 Å². The van der Waals surface area contributed by atoms with Crippen molar-refractivity contribution in [2.75, 3.05) is 0 Å². The lowest BCUT2D eigenvalue weighted by Crippen LogP contribution is -2.36. The van der Waals surface area contributed by atoms with E-state index in [0.29, 0.717) is 11.3 Å². The Morgan fingerprint density at radius 2 is 1.88 bits per heavy atom. The topological polar surface area (TPSA) is 105 Å². The van der Waals surface area contributed by atoms with Gasteiger partial charge in [-0.3, -0.25) is 24.4 Å². The molecular formula is C26H22N6O2. The summed E-state index contributed by atoms with van der Waals surface area (Å²) < 4.78 is 3.03. The molecule has 0 radical (unpaired) electrons. The van der Waals surface area contributed by atoms with Gasteiger partial charge in [0.1, 0.15) is 16.8 Å². The van der Waals surface area contributed by atoms with Crippen LogP contribution in [0.5, 0.6) is 0 Å². The van der Waals surface area contributed by atoms with Gasteiger partial charge in [-0.1, -0.05) is 42.5 Å². The van der Waals surface area contributed by atoms with Crippen LogP contribution in [0.25, 0.3) is 16.7 Å². The van der Waals surface area contributed by atoms with E-state index < -0.39 is 5.91 Å². The molecule has 0 saturated carbocycles. The molecule has 0 saturated heterocycles. The van der Waals surface area contributed by atoms with Crippen molar-refractivity contribution in [3.8, 4) is 0 Å². The Bertz CT molecular complexity index is 1620. The quantitative estimate of drug-likeness (QED) is 0.402. The van der Waals surface area contributed by atoms with Crippen molar-refractivity contribution in [2.24, 2.45) is 0 Å². The van der Waals surface area contributed by atoms with Crippen LogP contribution in [0.1, 0.15) is 34.5 Å². The summed E-state index contributed by atoms with van der Waals surface area (Å²) in [5.74, 6) is -0.430. The van der Waals surface area contributed by atoms with Crippen molar-refractivity contribution in [3.63, 3.8) is 0 Å². The fraction of sp³-hybridized carbons (Fsp3) is 0.115. The number of hydrogen-bond donors (Lipinski definition) is 2. The van der Waals surface area contributed by atoms with Gasteiger partial charge in [0.15, 0.2) is 0 Å². The Morgan fingerprint density at radius 3 is 2.65 bits per heavy atom. The number of nitrogens with zero attached hydrogens (tertiary/aromatic N) is 4. The minimum atomic E-state index is -0.430. The molecule has 0 aliphatic carbocycles. The Labute approximate surface area is 194 Å². The number of aromatic nitrogens is 4. The fourth-order valence-electron chi connectivity index (χ4n) is 3.99. The van der Waals surface area contributed by atoms with Gasteiger partial charge in [-0.25, -0.2) is 4.98 Å². The van der Waals surface area contributed by atoms with Gasteiger partial charge in [0.2, 0.25) is 0 Å². The molecule has 0 spiro atoms. The summed E-state index contributed by atoms with van der Waals surface area (Å²) >= 11 is 0. The normalized spacial score (nSPS) is 12.0. The first-order chi connectivity index (χ1) is 16.5. The van der Waals surface area contributed by atoms with Crippen molar-refractivity contribution in [3.05, 3.63) is 118 Å². The number of pyridine rings is 3. The molecule has 1 amide bonds. The number of carbonyl (C=O) groups is 1. The molecule has 1 aromatic carbocycles. The van der Waals surface area contributed by atoms with Crippen LogP contribution >= 0.6 is 0 Å². The first kappa shape index (κ1) is 21.3. The summed E-state index contributed by atoms with van der Waals surface area (Å²) in [6, 6.07) is 19.7. The number of nitrogens with one attached hydrogen (secondary N) is 2. The number of rotatable bonds is 5. The molecule has 5 rings (SSSR count). The Hall–Kier alpha value is -4.59. The number of carbonyl (C=O) groups excluding carboxylic acids is 1. The third kappa shape index (κ3) is 3.86. The summed E-state index contributed by atoms with van der Waals surface area (Å²) in [5.41, 5.74) is 2.36. The van der Waals surface area contributed by atoms with Crippen molar-refractivity contribution in [1.29, 1.82) is 5.41 Å². The highest BCUT2D eigenvalue weighted by Gasteiger charge is 2.19. The van der Waals surface area contributed by atoms with E-state index >= 15 is 0 Å². The van der Waals surface area contributed by atoms with E-state index in [-0.39, 0.29) is 34.6 Å². The van der Waals surface area contributed by atoms with Crippen LogP contribution in [0.4, 0.5) is 0 Å². The molecular weight excluding hydrogens is 428 g/mol. The molecule has 0 bridgehead atoms. The SMILES string of the molecule is C[C@@H](NC(=O)c1cc2c(=O)n3ccccc3nc2n(Cc2cccnc2)c1=N)c1ccccc1. The molecule has 34 heavy (non-hydrogen) atoms. The Balaban J connectivity index is 1.69. The number of amides is 1. The van der Waals surface area contributed by atoms with Gasteiger partial charge < -0.3 is 9.88 Å². The third-order valence-corrected chi connectivity index (χ3v) is 5.77. The second-order valence-electron chi connectivity index (χ2n) is 8.04. The Morgan fingerprint density at radius 1 is 1.09 bits per heavy atom. The van der Waals surface area contributed by atoms with Gasteiger partial charge in [-0.2, -0.15) is 0 Å². The molecule has 168 valence electrons. The molecule has 0 aliphatic rings. The van der Waals surface area contributed by atoms with Gasteiger partial charge in [-0.05, 0) is 42.3 Å². The summed E-state index contributed by atoms with van der Waals surface area (Å²) in [5, 5.41) is 12.1. The second-order valence-corrected chi connectivity index (χ2v) is 8.04. The minimum absolute atomic E-state index is 0.0266. The highest BCUT2D eigenvalue weighted by atomic mass is 16.2. The maximum absolute atomic E-state index is 13.3. The van der Waals surface area contributed by atoms with Gasteiger partial charge in [0.25, 0.3) is 11.5 Å². The highest BCUT2D eigenvalue weighted by molar-refractivity contribution is 5.97. The van der Waals surface area contributed by atoms with Crippen LogP contribution in [0.2, 0.25) is 0 Å². The predicted octanol–water partition coefficient (Wildman–Crippen LogP) is 3.06. The van der Waals surface area contributed by atoms with Crippen molar-refractivity contribution in [1.82, 2.24) is 24.3 Å². The molecule has 0 aliphatic heterocycles. The van der Waals surface area contributed by atoms with Crippen LogP contribution in [0.3, 0.4) is 0 Å². The highest BCUT2D eigenvalue weighted by Crippen LogP contribution is 2.15. The van der Waals surface area contributed by atoms with E-state index in [1.54, 1.807) is 47.4 Å². The summed E-state index contributed by atoms with van der Waals surface area (Å²) in [7, 11) is 0. The maximum Gasteiger partial charge on any atom is 0.267 e. The zero-order valence-electron chi connectivity index (χ0n) is 18.5. The smallest absolute Gasteiger partial charge is 0.267 e. The molecule has 1 atom stereocenters. The molecule has 0 fully saturated rings. The lowest BCUT2D eigenvalue weighted by molar-refractivity contribution is 0.0937. The average molecular weight is 451 g/mol. The van der Waals surface area contributed by atoms with Crippen LogP contribution in [0.15, 0.2) is 90.1 Å². The Kier molecular flexibility index (Phi) is 5.47. The van der Waals surface area contributed by atoms with Gasteiger partial charge >= 0.3 is 0 Å². The minimum Gasteiger partial charge on any atom is -0.345 e. The van der Waals surface area contributed by atoms with E-state index in [2.05, 4.69) is 15.3 Å². The van der Waals surface area contributed by atoms with E-state index in [1.807, 2.05) is 43.3 Å². The number of hydrogen-bond acceptors (Lipinski definition) is 5. The summed E-state index contributed by atoms with van der Waals surface area (Å²) in [6.07, 6.45) is 5.00. The van der Waals surface area contributed by atoms with Gasteiger partial charge in [0.05, 0.1) is 23.5 Å². The fourth-order valence-corrected chi connectivity index (χ4v) is 3.99. The van der Waals surface area contributed by atoms with E-state index in [9.17, 15) is 9.59 Å². The van der Waals surface area contributed by atoms with Gasteiger partial charge in [-0.15, -0.1) is 0 Å². The van der Waals surface area contributed by atoms with Crippen LogP contribution < -0.4 is 16.4 Å². The molecule has 4 heterocycles. The number of benzene rings is 1. The molecule has 4 aromatic heterocycles. The molecule has 8 heteroatoms. The molecule has 5 aromatic rings. The van der Waals surface area contributed by atoms with E-state index in [0.717, 1.165) is 11.1 Å². The second kappa shape index (κ2) is 8.74. The molecule has 8 nitrogen and oxygen atoms in total. The molecule has 0 unspecified atom stereocenters. The molecule has 2 N–H and O–H groups in total. The van der Waals surface area contributed by atoms with E-state index in [1.165, 1.54) is 10.5 Å². The first-order valence-corrected chi connectivity index (χ1v) is 10.9. The monoisotopic (exact) mass is 450 g/mol. The number of fused-ring (bicyclic) bond motifs is 2. The van der Waals surface area contributed by atoms with Crippen LogP contribution in [-0.4, -0.2) is 24.8 Å². The summed E-state index contributed by atoms with van der Waals surface area (Å²) in [6.45, 7) is 2.12. The lowest BCUT2D eigenvalue weighted by Gasteiger charge is -2.17. The third-order valence-electron chi connectivity index (χ3n) is 5.77.